The molecule has 0 aliphatic carbocycles. The Balaban J connectivity index is 2.00. The summed E-state index contributed by atoms with van der Waals surface area (Å²) in [7, 11) is 0. The van der Waals surface area contributed by atoms with E-state index < -0.39 is 12.4 Å². The number of carbonyl (C=O) groups excluding carboxylic acids is 1. The molecule has 0 saturated carbocycles. The fourth-order valence-corrected chi connectivity index (χ4v) is 1.63. The summed E-state index contributed by atoms with van der Waals surface area (Å²) in [6.07, 6.45) is 0.220. The minimum atomic E-state index is -0.519. The van der Waals surface area contributed by atoms with Crippen LogP contribution in [0.1, 0.15) is 18.9 Å². The van der Waals surface area contributed by atoms with E-state index >= 15 is 0 Å². The second-order valence-electron chi connectivity index (χ2n) is 3.77. The van der Waals surface area contributed by atoms with Crippen molar-refractivity contribution in [3.05, 3.63) is 29.8 Å². The molecule has 1 fully saturated rings. The zero-order valence-electron chi connectivity index (χ0n) is 9.05. The van der Waals surface area contributed by atoms with Gasteiger partial charge in [-0.05, 0) is 17.7 Å². The summed E-state index contributed by atoms with van der Waals surface area (Å²) in [6.45, 7) is 1.90. The van der Waals surface area contributed by atoms with E-state index in [2.05, 4.69) is 0 Å². The van der Waals surface area contributed by atoms with Crippen LogP contribution in [-0.4, -0.2) is 23.5 Å². The van der Waals surface area contributed by atoms with Crippen LogP contribution in [0, 0.1) is 0 Å². The van der Waals surface area contributed by atoms with Gasteiger partial charge in [0.25, 0.3) is 0 Å². The number of phenolic OH excluding ortho intramolecular Hbond substituents is 1. The van der Waals surface area contributed by atoms with Crippen molar-refractivity contribution in [1.82, 2.24) is 0 Å². The number of cyclic esters (lactones) is 1. The minimum absolute atomic E-state index is 0.213. The Morgan fingerprint density at radius 2 is 2.00 bits per heavy atom. The van der Waals surface area contributed by atoms with Crippen LogP contribution in [0.2, 0.25) is 0 Å². The van der Waals surface area contributed by atoms with Gasteiger partial charge in [-0.2, -0.15) is 0 Å². The predicted molar refractivity (Wildman–Crippen MR) is 56.9 cm³/mol. The van der Waals surface area contributed by atoms with Gasteiger partial charge >= 0.3 is 5.97 Å². The third kappa shape index (κ3) is 2.33. The number of hydrogen-bond donors (Lipinski definition) is 1. The second kappa shape index (κ2) is 4.53. The lowest BCUT2D eigenvalue weighted by molar-refractivity contribution is -0.143. The fourth-order valence-electron chi connectivity index (χ4n) is 1.63. The van der Waals surface area contributed by atoms with Gasteiger partial charge in [0, 0.05) is 12.8 Å². The lowest BCUT2D eigenvalue weighted by atomic mass is 10.1. The smallest absolute Gasteiger partial charge is 0.338 e. The molecule has 0 aromatic heterocycles. The maximum absolute atomic E-state index is 11.4. The van der Waals surface area contributed by atoms with Crippen molar-refractivity contribution in [3.63, 3.8) is 0 Å². The van der Waals surface area contributed by atoms with Gasteiger partial charge in [0.2, 0.25) is 6.29 Å². The maximum atomic E-state index is 11.4. The monoisotopic (exact) mass is 222 g/mol. The summed E-state index contributed by atoms with van der Waals surface area (Å²) in [5, 5.41) is 9.13. The number of hydrogen-bond acceptors (Lipinski definition) is 4. The SMILES string of the molecule is CCC1OC(=O)C(Cc2ccc(O)cc2)O1. The number of carbonyl (C=O) groups is 1. The van der Waals surface area contributed by atoms with Crippen LogP contribution in [-0.2, 0) is 20.7 Å². The zero-order valence-corrected chi connectivity index (χ0v) is 9.05. The highest BCUT2D eigenvalue weighted by Crippen LogP contribution is 2.20. The van der Waals surface area contributed by atoms with Crippen molar-refractivity contribution in [1.29, 1.82) is 0 Å². The molecule has 4 heteroatoms. The molecule has 0 amide bonds. The van der Waals surface area contributed by atoms with Crippen molar-refractivity contribution in [2.24, 2.45) is 0 Å². The summed E-state index contributed by atoms with van der Waals surface area (Å²) in [5.74, 6) is -0.0926. The lowest BCUT2D eigenvalue weighted by Crippen LogP contribution is -2.19. The van der Waals surface area contributed by atoms with Crippen LogP contribution in [0.25, 0.3) is 0 Å². The zero-order chi connectivity index (χ0) is 11.5. The number of benzene rings is 1. The highest BCUT2D eigenvalue weighted by atomic mass is 16.7. The largest absolute Gasteiger partial charge is 0.508 e. The van der Waals surface area contributed by atoms with Crippen molar-refractivity contribution in [2.45, 2.75) is 32.2 Å². The second-order valence-corrected chi connectivity index (χ2v) is 3.77. The highest BCUT2D eigenvalue weighted by Gasteiger charge is 2.33. The summed E-state index contributed by atoms with van der Waals surface area (Å²) in [5.41, 5.74) is 0.941. The molecule has 4 nitrogen and oxygen atoms in total. The first-order valence-corrected chi connectivity index (χ1v) is 5.33. The Morgan fingerprint density at radius 1 is 1.31 bits per heavy atom. The molecule has 0 radical (unpaired) electrons. The number of phenols is 1. The van der Waals surface area contributed by atoms with Crippen molar-refractivity contribution in [3.8, 4) is 5.75 Å². The van der Waals surface area contributed by atoms with E-state index in [1.807, 2.05) is 6.92 Å². The molecule has 1 aliphatic rings. The van der Waals surface area contributed by atoms with Gasteiger partial charge in [-0.3, -0.25) is 0 Å². The Labute approximate surface area is 93.8 Å². The molecule has 1 heterocycles. The number of aromatic hydroxyl groups is 1. The Bertz CT molecular complexity index is 371. The van der Waals surface area contributed by atoms with E-state index in [4.69, 9.17) is 14.6 Å². The quantitative estimate of drug-likeness (QED) is 0.789. The Hall–Kier alpha value is -1.55. The molecule has 2 rings (SSSR count). The lowest BCUT2D eigenvalue weighted by Gasteiger charge is -2.07. The van der Waals surface area contributed by atoms with Crippen LogP contribution in [0.5, 0.6) is 5.75 Å². The van der Waals surface area contributed by atoms with Crippen LogP contribution in [0.4, 0.5) is 0 Å². The molecule has 1 saturated heterocycles. The highest BCUT2D eigenvalue weighted by molar-refractivity contribution is 5.76. The van der Waals surface area contributed by atoms with Gasteiger partial charge in [-0.25, -0.2) is 4.79 Å². The van der Waals surface area contributed by atoms with Gasteiger partial charge in [-0.15, -0.1) is 0 Å². The molecule has 16 heavy (non-hydrogen) atoms. The number of rotatable bonds is 3. The minimum Gasteiger partial charge on any atom is -0.508 e. The third-order valence-electron chi connectivity index (χ3n) is 2.52. The van der Waals surface area contributed by atoms with E-state index in [1.54, 1.807) is 24.3 Å². The van der Waals surface area contributed by atoms with Crippen LogP contribution in [0.3, 0.4) is 0 Å². The van der Waals surface area contributed by atoms with Gasteiger partial charge in [0.1, 0.15) is 5.75 Å². The molecule has 2 atom stereocenters. The molecular weight excluding hydrogens is 208 g/mol. The van der Waals surface area contributed by atoms with Crippen LogP contribution in [0.15, 0.2) is 24.3 Å². The first-order chi connectivity index (χ1) is 7.69. The van der Waals surface area contributed by atoms with Crippen molar-refractivity contribution >= 4 is 5.97 Å². The van der Waals surface area contributed by atoms with Crippen molar-refractivity contribution in [2.75, 3.05) is 0 Å². The van der Waals surface area contributed by atoms with Gasteiger partial charge in [-0.1, -0.05) is 19.1 Å². The predicted octanol–water partition coefficient (Wildman–Crippen LogP) is 1.61. The van der Waals surface area contributed by atoms with Crippen LogP contribution >= 0.6 is 0 Å². The Kier molecular flexibility index (Phi) is 3.10. The normalized spacial score (nSPS) is 24.4. The summed E-state index contributed by atoms with van der Waals surface area (Å²) < 4.78 is 10.4. The molecule has 2 unspecified atom stereocenters. The fraction of sp³-hybridized carbons (Fsp3) is 0.417. The van der Waals surface area contributed by atoms with E-state index in [-0.39, 0.29) is 11.7 Å². The molecule has 1 aromatic rings. The molecular formula is C12H14O4. The van der Waals surface area contributed by atoms with E-state index in [0.29, 0.717) is 12.8 Å². The molecule has 86 valence electrons. The van der Waals surface area contributed by atoms with E-state index in [1.165, 1.54) is 0 Å². The first kappa shape index (κ1) is 11.0. The molecule has 0 bridgehead atoms. The summed E-state index contributed by atoms with van der Waals surface area (Å²) in [6, 6.07) is 6.72. The topological polar surface area (TPSA) is 55.8 Å². The number of esters is 1. The third-order valence-corrected chi connectivity index (χ3v) is 2.52. The molecule has 1 aliphatic heterocycles. The molecule has 1 N–H and O–H groups in total. The number of ether oxygens (including phenoxy) is 2. The molecule has 1 aromatic carbocycles. The van der Waals surface area contributed by atoms with Gasteiger partial charge in [0.15, 0.2) is 6.10 Å². The van der Waals surface area contributed by atoms with Gasteiger partial charge < -0.3 is 14.6 Å². The first-order valence-electron chi connectivity index (χ1n) is 5.33. The maximum Gasteiger partial charge on any atom is 0.338 e. The Morgan fingerprint density at radius 3 is 2.56 bits per heavy atom. The summed E-state index contributed by atoms with van der Waals surface area (Å²) >= 11 is 0. The van der Waals surface area contributed by atoms with E-state index in [0.717, 1.165) is 5.56 Å². The average molecular weight is 222 g/mol. The average Bonchev–Trinajstić information content (AvgIpc) is 2.63. The van der Waals surface area contributed by atoms with Crippen molar-refractivity contribution < 1.29 is 19.4 Å². The summed E-state index contributed by atoms with van der Waals surface area (Å²) in [4.78, 5) is 11.4. The standard InChI is InChI=1S/C12H14O4/c1-2-11-15-10(12(14)16-11)7-8-3-5-9(13)6-4-8/h3-6,10-11,13H,2,7H2,1H3. The van der Waals surface area contributed by atoms with E-state index in [9.17, 15) is 4.79 Å². The van der Waals surface area contributed by atoms with Gasteiger partial charge in [0.05, 0.1) is 0 Å². The van der Waals surface area contributed by atoms with Crippen LogP contribution < -0.4 is 0 Å². The molecule has 0 spiro atoms.